The van der Waals surface area contributed by atoms with Crippen LogP contribution in [0.2, 0.25) is 0 Å². The van der Waals surface area contributed by atoms with Gasteiger partial charge in [0.2, 0.25) is 11.2 Å². The van der Waals surface area contributed by atoms with Crippen molar-refractivity contribution in [3.05, 3.63) is 27.7 Å². The maximum atomic E-state index is 12.4. The van der Waals surface area contributed by atoms with Crippen molar-refractivity contribution in [2.45, 2.75) is 19.1 Å². The lowest BCUT2D eigenvalue weighted by molar-refractivity contribution is -0.277. The molecule has 1 aromatic heterocycles. The summed E-state index contributed by atoms with van der Waals surface area (Å²) in [7, 11) is 0. The van der Waals surface area contributed by atoms with E-state index in [9.17, 15) is 31.1 Å². The number of halogens is 6. The normalized spacial score (nSPS) is 12.6. The number of rotatable bonds is 2. The Morgan fingerprint density at radius 2 is 1.78 bits per heavy atom. The summed E-state index contributed by atoms with van der Waals surface area (Å²) >= 11 is 0. The summed E-state index contributed by atoms with van der Waals surface area (Å²) in [5.74, 6) is -1.94. The first-order valence-electron chi connectivity index (χ1n) is 4.24. The minimum absolute atomic E-state index is 0.467. The molecule has 0 fully saturated rings. The molecule has 0 unspecified atom stereocenters. The minimum atomic E-state index is -5.46. The highest BCUT2D eigenvalue weighted by Gasteiger charge is 2.42. The number of hydrogen-bond acceptors (Lipinski definition) is 3. The number of nitrogens with one attached hydrogen (secondary N) is 1. The molecule has 18 heavy (non-hydrogen) atoms. The summed E-state index contributed by atoms with van der Waals surface area (Å²) in [4.78, 5) is 12.7. The summed E-state index contributed by atoms with van der Waals surface area (Å²) < 4.78 is 75.9. The third-order valence-electron chi connectivity index (χ3n) is 1.79. The van der Waals surface area contributed by atoms with Crippen LogP contribution < -0.4 is 10.2 Å². The van der Waals surface area contributed by atoms with Crippen molar-refractivity contribution < 1.29 is 36.2 Å². The quantitative estimate of drug-likeness (QED) is 0.810. The van der Waals surface area contributed by atoms with Gasteiger partial charge in [-0.25, -0.2) is 0 Å². The van der Waals surface area contributed by atoms with Crippen molar-refractivity contribution in [1.29, 1.82) is 0 Å². The Morgan fingerprint density at radius 3 is 2.17 bits per heavy atom. The lowest BCUT2D eigenvalue weighted by Gasteiger charge is -2.15. The highest BCUT2D eigenvalue weighted by molar-refractivity contribution is 5.33. The molecule has 102 valence electrons. The number of aromatic nitrogens is 1. The molecule has 1 rings (SSSR count). The topological polar surface area (TPSA) is 62.3 Å². The summed E-state index contributed by atoms with van der Waals surface area (Å²) in [5, 5.41) is 8.60. The average molecular weight is 277 g/mol. The number of alkyl halides is 6. The van der Waals surface area contributed by atoms with Crippen molar-refractivity contribution >= 4 is 0 Å². The van der Waals surface area contributed by atoms with Crippen LogP contribution in [0.3, 0.4) is 0 Å². The molecule has 0 aromatic carbocycles. The van der Waals surface area contributed by atoms with Gasteiger partial charge in [0.15, 0.2) is 5.69 Å². The predicted octanol–water partition coefficient (Wildman–Crippen LogP) is 1.78. The number of ether oxygens (including phenoxy) is 1. The van der Waals surface area contributed by atoms with Crippen LogP contribution >= 0.6 is 0 Å². The first kappa shape index (κ1) is 14.4. The molecule has 0 amide bonds. The maximum Gasteiger partial charge on any atom is 0.573 e. The predicted molar refractivity (Wildman–Crippen MR) is 44.7 cm³/mol. The van der Waals surface area contributed by atoms with Crippen LogP contribution in [-0.2, 0) is 12.8 Å². The van der Waals surface area contributed by atoms with Gasteiger partial charge >= 0.3 is 12.5 Å². The van der Waals surface area contributed by atoms with Crippen LogP contribution in [0.1, 0.15) is 11.3 Å². The number of aromatic amines is 1. The lowest BCUT2D eigenvalue weighted by Crippen LogP contribution is -2.27. The van der Waals surface area contributed by atoms with Crippen LogP contribution in [0.15, 0.2) is 11.0 Å². The van der Waals surface area contributed by atoms with Gasteiger partial charge in [-0.3, -0.25) is 4.79 Å². The molecule has 1 heterocycles. The number of hydrogen-bond donors (Lipinski definition) is 2. The number of pyridine rings is 1. The molecule has 0 bridgehead atoms. The van der Waals surface area contributed by atoms with E-state index in [1.807, 2.05) is 0 Å². The third kappa shape index (κ3) is 3.15. The first-order chi connectivity index (χ1) is 8.06. The summed E-state index contributed by atoms with van der Waals surface area (Å²) in [5.41, 5.74) is -4.33. The van der Waals surface area contributed by atoms with E-state index in [-0.39, 0.29) is 0 Å². The second-order valence-electron chi connectivity index (χ2n) is 3.05. The molecule has 4 nitrogen and oxygen atoms in total. The molecule has 2 N–H and O–H groups in total. The van der Waals surface area contributed by atoms with Gasteiger partial charge in [-0.1, -0.05) is 0 Å². The van der Waals surface area contributed by atoms with E-state index in [2.05, 4.69) is 4.74 Å². The second-order valence-corrected chi connectivity index (χ2v) is 3.05. The molecule has 0 radical (unpaired) electrons. The highest BCUT2D eigenvalue weighted by atomic mass is 19.4. The fourth-order valence-electron chi connectivity index (χ4n) is 1.09. The van der Waals surface area contributed by atoms with Crippen LogP contribution in [0.25, 0.3) is 0 Å². The van der Waals surface area contributed by atoms with Crippen molar-refractivity contribution in [3.63, 3.8) is 0 Å². The van der Waals surface area contributed by atoms with Gasteiger partial charge in [0.25, 0.3) is 0 Å². The van der Waals surface area contributed by atoms with E-state index in [0.717, 1.165) is 0 Å². The maximum absolute atomic E-state index is 12.4. The fourth-order valence-corrected chi connectivity index (χ4v) is 1.09. The zero-order valence-electron chi connectivity index (χ0n) is 8.32. The van der Waals surface area contributed by atoms with Crippen molar-refractivity contribution in [1.82, 2.24) is 4.98 Å². The Balaban J connectivity index is 3.46. The van der Waals surface area contributed by atoms with E-state index in [4.69, 9.17) is 5.11 Å². The van der Waals surface area contributed by atoms with Gasteiger partial charge in [0.1, 0.15) is 0 Å². The van der Waals surface area contributed by atoms with E-state index >= 15 is 0 Å². The van der Waals surface area contributed by atoms with Crippen molar-refractivity contribution in [3.8, 4) is 5.75 Å². The monoisotopic (exact) mass is 277 g/mol. The van der Waals surface area contributed by atoms with Gasteiger partial charge in [-0.15, -0.1) is 13.2 Å². The SMILES string of the molecule is O=c1c(CO)c[nH]c(C(F)(F)F)c1OC(F)(F)F. The Labute approximate surface area is 94.8 Å². The van der Waals surface area contributed by atoms with Crippen LogP contribution in [-0.4, -0.2) is 16.5 Å². The average Bonchev–Trinajstić information content (AvgIpc) is 2.17. The second kappa shape index (κ2) is 4.52. The van der Waals surface area contributed by atoms with E-state index in [0.29, 0.717) is 6.20 Å². The molecule has 10 heteroatoms. The first-order valence-corrected chi connectivity index (χ1v) is 4.24. The molecule has 1 aromatic rings. The molecule has 0 aliphatic heterocycles. The van der Waals surface area contributed by atoms with Gasteiger partial charge in [0.05, 0.1) is 6.61 Å². The Morgan fingerprint density at radius 1 is 1.22 bits per heavy atom. The largest absolute Gasteiger partial charge is 0.573 e. The molecule has 0 saturated carbocycles. The Hall–Kier alpha value is -1.71. The highest BCUT2D eigenvalue weighted by Crippen LogP contribution is 2.34. The van der Waals surface area contributed by atoms with Crippen LogP contribution in [0.5, 0.6) is 5.75 Å². The summed E-state index contributed by atoms with van der Waals surface area (Å²) in [6.45, 7) is -1.03. The molecule has 0 aliphatic carbocycles. The third-order valence-corrected chi connectivity index (χ3v) is 1.79. The van der Waals surface area contributed by atoms with Gasteiger partial charge < -0.3 is 14.8 Å². The summed E-state index contributed by atoms with van der Waals surface area (Å²) in [6.07, 6.45) is -10.2. The zero-order chi connectivity index (χ0) is 14.1. The molecule has 0 aliphatic rings. The van der Waals surface area contributed by atoms with E-state index in [1.54, 1.807) is 0 Å². The van der Waals surface area contributed by atoms with Gasteiger partial charge in [-0.05, 0) is 0 Å². The minimum Gasteiger partial charge on any atom is -0.399 e. The number of H-pyrrole nitrogens is 1. The number of aliphatic hydroxyl groups excluding tert-OH is 1. The summed E-state index contributed by atoms with van der Waals surface area (Å²) in [6, 6.07) is 0. The molecular formula is C8H5F6NO3. The van der Waals surface area contributed by atoms with Gasteiger partial charge in [-0.2, -0.15) is 13.2 Å². The van der Waals surface area contributed by atoms with Gasteiger partial charge in [0, 0.05) is 11.8 Å². The Kier molecular flexibility index (Phi) is 3.60. The molecular weight excluding hydrogens is 272 g/mol. The fraction of sp³-hybridized carbons (Fsp3) is 0.375. The van der Waals surface area contributed by atoms with Crippen LogP contribution in [0, 0.1) is 0 Å². The zero-order valence-corrected chi connectivity index (χ0v) is 8.32. The van der Waals surface area contributed by atoms with E-state index < -0.39 is 41.6 Å². The van der Waals surface area contributed by atoms with Crippen LogP contribution in [0.4, 0.5) is 26.3 Å². The molecule has 0 atom stereocenters. The lowest BCUT2D eigenvalue weighted by atomic mass is 10.2. The Bertz CT molecular complexity index is 489. The standard InChI is InChI=1S/C8H5F6NO3/c9-7(10,11)6-5(18-8(12,13)14)4(17)3(2-16)1-15-6/h1,16H,2H2,(H,15,17). The van der Waals surface area contributed by atoms with Crippen molar-refractivity contribution in [2.75, 3.05) is 0 Å². The molecule has 0 saturated heterocycles. The number of aliphatic hydroxyl groups is 1. The van der Waals surface area contributed by atoms with Crippen molar-refractivity contribution in [2.24, 2.45) is 0 Å². The molecule has 0 spiro atoms. The smallest absolute Gasteiger partial charge is 0.399 e. The van der Waals surface area contributed by atoms with E-state index in [1.165, 1.54) is 4.98 Å².